The number of likely N-dealkylation sites (tertiary alicyclic amines) is 1. The van der Waals surface area contributed by atoms with Crippen LogP contribution in [0.4, 0.5) is 0 Å². The molecule has 1 unspecified atom stereocenters. The Bertz CT molecular complexity index is 181. The average Bonchev–Trinajstić information content (AvgIpc) is 2.71. The maximum absolute atomic E-state index is 11.8. The highest BCUT2D eigenvalue weighted by Crippen LogP contribution is 2.17. The van der Waals surface area contributed by atoms with Crippen LogP contribution in [0.5, 0.6) is 0 Å². The van der Waals surface area contributed by atoms with Crippen LogP contribution in [0.1, 0.15) is 32.1 Å². The molecule has 1 atom stereocenters. The predicted molar refractivity (Wildman–Crippen MR) is 49.4 cm³/mol. The smallest absolute Gasteiger partial charge is 0.251 e. The van der Waals surface area contributed by atoms with Gasteiger partial charge in [0.15, 0.2) is 0 Å². The average molecular weight is 183 g/mol. The summed E-state index contributed by atoms with van der Waals surface area (Å²) in [7, 11) is 0. The molecule has 3 heteroatoms. The van der Waals surface area contributed by atoms with Gasteiger partial charge in [-0.25, -0.2) is 0 Å². The number of amides is 1. The Kier molecular flexibility index (Phi) is 2.83. The molecule has 74 valence electrons. The Morgan fingerprint density at radius 1 is 1.15 bits per heavy atom. The zero-order valence-corrected chi connectivity index (χ0v) is 8.00. The van der Waals surface area contributed by atoms with Gasteiger partial charge in [-0.2, -0.15) is 0 Å². The summed E-state index contributed by atoms with van der Waals surface area (Å²) in [4.78, 5) is 13.8. The van der Waals surface area contributed by atoms with Crippen molar-refractivity contribution in [3.05, 3.63) is 0 Å². The van der Waals surface area contributed by atoms with Gasteiger partial charge in [0.2, 0.25) is 0 Å². The Balaban J connectivity index is 1.87. The topological polar surface area (TPSA) is 29.5 Å². The van der Waals surface area contributed by atoms with E-state index in [0.717, 1.165) is 32.5 Å². The lowest BCUT2D eigenvalue weighted by molar-refractivity contribution is -0.141. The van der Waals surface area contributed by atoms with Crippen LogP contribution in [-0.4, -0.2) is 36.6 Å². The summed E-state index contributed by atoms with van der Waals surface area (Å²) in [5.74, 6) is 0.234. The van der Waals surface area contributed by atoms with E-state index in [1.807, 2.05) is 4.90 Å². The molecule has 0 aromatic rings. The second-order valence-corrected chi connectivity index (χ2v) is 3.89. The van der Waals surface area contributed by atoms with E-state index in [1.165, 1.54) is 19.3 Å². The number of piperidine rings is 1. The van der Waals surface area contributed by atoms with E-state index >= 15 is 0 Å². The number of hydrogen-bond acceptors (Lipinski definition) is 2. The molecule has 0 saturated carbocycles. The molecule has 2 saturated heterocycles. The minimum Gasteiger partial charge on any atom is -0.368 e. The summed E-state index contributed by atoms with van der Waals surface area (Å²) in [6.45, 7) is 2.65. The minimum atomic E-state index is -0.113. The molecule has 0 aliphatic carbocycles. The number of ether oxygens (including phenoxy) is 1. The van der Waals surface area contributed by atoms with Crippen LogP contribution in [0.25, 0.3) is 0 Å². The van der Waals surface area contributed by atoms with E-state index in [-0.39, 0.29) is 12.0 Å². The summed E-state index contributed by atoms with van der Waals surface area (Å²) < 4.78 is 5.38. The van der Waals surface area contributed by atoms with E-state index in [0.29, 0.717) is 0 Å². The van der Waals surface area contributed by atoms with E-state index in [2.05, 4.69) is 0 Å². The van der Waals surface area contributed by atoms with Gasteiger partial charge in [0.25, 0.3) is 5.91 Å². The van der Waals surface area contributed by atoms with E-state index in [9.17, 15) is 4.79 Å². The third kappa shape index (κ3) is 2.02. The highest BCUT2D eigenvalue weighted by atomic mass is 16.5. The molecule has 0 aromatic heterocycles. The lowest BCUT2D eigenvalue weighted by Crippen LogP contribution is -2.41. The minimum absolute atomic E-state index is 0.113. The molecule has 0 spiro atoms. The Labute approximate surface area is 79.0 Å². The SMILES string of the molecule is O=C(C1CCCO1)N1CCCCC1. The number of carbonyl (C=O) groups excluding carboxylic acids is 1. The van der Waals surface area contributed by atoms with Crippen molar-refractivity contribution in [2.45, 2.75) is 38.2 Å². The van der Waals surface area contributed by atoms with Crippen molar-refractivity contribution in [3.8, 4) is 0 Å². The maximum Gasteiger partial charge on any atom is 0.251 e. The van der Waals surface area contributed by atoms with Crippen LogP contribution < -0.4 is 0 Å². The van der Waals surface area contributed by atoms with Crippen molar-refractivity contribution < 1.29 is 9.53 Å². The van der Waals surface area contributed by atoms with E-state index in [1.54, 1.807) is 0 Å². The summed E-state index contributed by atoms with van der Waals surface area (Å²) in [6.07, 6.45) is 5.46. The van der Waals surface area contributed by atoms with E-state index < -0.39 is 0 Å². The standard InChI is InChI=1S/C10H17NO2/c12-10(9-5-4-8-13-9)11-6-2-1-3-7-11/h9H,1-8H2. The van der Waals surface area contributed by atoms with Crippen molar-refractivity contribution >= 4 is 5.91 Å². The molecule has 0 bridgehead atoms. The fourth-order valence-corrected chi connectivity index (χ4v) is 2.09. The van der Waals surface area contributed by atoms with Gasteiger partial charge in [0.1, 0.15) is 6.10 Å². The normalized spacial score (nSPS) is 29.2. The third-order valence-electron chi connectivity index (χ3n) is 2.87. The van der Waals surface area contributed by atoms with Crippen molar-refractivity contribution in [2.24, 2.45) is 0 Å². The van der Waals surface area contributed by atoms with Gasteiger partial charge in [-0.1, -0.05) is 0 Å². The number of carbonyl (C=O) groups is 1. The summed E-state index contributed by atoms with van der Waals surface area (Å²) in [5, 5.41) is 0. The lowest BCUT2D eigenvalue weighted by Gasteiger charge is -2.28. The number of hydrogen-bond donors (Lipinski definition) is 0. The van der Waals surface area contributed by atoms with Gasteiger partial charge in [-0.05, 0) is 32.1 Å². The molecule has 2 aliphatic heterocycles. The van der Waals surface area contributed by atoms with Gasteiger partial charge in [-0.15, -0.1) is 0 Å². The quantitative estimate of drug-likeness (QED) is 0.611. The Morgan fingerprint density at radius 3 is 2.54 bits per heavy atom. The maximum atomic E-state index is 11.8. The summed E-state index contributed by atoms with van der Waals surface area (Å²) >= 11 is 0. The van der Waals surface area contributed by atoms with Crippen LogP contribution >= 0.6 is 0 Å². The first kappa shape index (κ1) is 9.00. The second-order valence-electron chi connectivity index (χ2n) is 3.89. The lowest BCUT2D eigenvalue weighted by atomic mass is 10.1. The highest BCUT2D eigenvalue weighted by molar-refractivity contribution is 5.81. The van der Waals surface area contributed by atoms with Crippen molar-refractivity contribution in [1.82, 2.24) is 4.90 Å². The van der Waals surface area contributed by atoms with Gasteiger partial charge in [0, 0.05) is 19.7 Å². The molecule has 2 heterocycles. The van der Waals surface area contributed by atoms with Gasteiger partial charge in [-0.3, -0.25) is 4.79 Å². The third-order valence-corrected chi connectivity index (χ3v) is 2.87. The highest BCUT2D eigenvalue weighted by Gasteiger charge is 2.28. The predicted octanol–water partition coefficient (Wildman–Crippen LogP) is 1.18. The van der Waals surface area contributed by atoms with Crippen LogP contribution in [0, 0.1) is 0 Å². The van der Waals surface area contributed by atoms with Crippen LogP contribution in [0.3, 0.4) is 0 Å². The molecule has 2 fully saturated rings. The summed E-state index contributed by atoms with van der Waals surface area (Å²) in [5.41, 5.74) is 0. The molecule has 0 N–H and O–H groups in total. The number of nitrogens with zero attached hydrogens (tertiary/aromatic N) is 1. The number of rotatable bonds is 1. The molecule has 3 nitrogen and oxygen atoms in total. The fraction of sp³-hybridized carbons (Fsp3) is 0.900. The van der Waals surface area contributed by atoms with Crippen LogP contribution in [0.2, 0.25) is 0 Å². The second kappa shape index (κ2) is 4.09. The molecular formula is C10H17NO2. The van der Waals surface area contributed by atoms with Gasteiger partial charge in [0.05, 0.1) is 0 Å². The monoisotopic (exact) mass is 183 g/mol. The molecule has 2 rings (SSSR count). The van der Waals surface area contributed by atoms with Gasteiger partial charge >= 0.3 is 0 Å². The summed E-state index contributed by atoms with van der Waals surface area (Å²) in [6, 6.07) is 0. The van der Waals surface area contributed by atoms with Crippen molar-refractivity contribution in [2.75, 3.05) is 19.7 Å². The molecule has 1 amide bonds. The van der Waals surface area contributed by atoms with E-state index in [4.69, 9.17) is 4.74 Å². The zero-order valence-electron chi connectivity index (χ0n) is 8.00. The zero-order chi connectivity index (χ0) is 9.10. The first-order valence-electron chi connectivity index (χ1n) is 5.28. The molecule has 2 aliphatic rings. The van der Waals surface area contributed by atoms with Crippen molar-refractivity contribution in [3.63, 3.8) is 0 Å². The van der Waals surface area contributed by atoms with Crippen LogP contribution in [-0.2, 0) is 9.53 Å². The molecular weight excluding hydrogens is 166 g/mol. The molecule has 13 heavy (non-hydrogen) atoms. The Morgan fingerprint density at radius 2 is 1.92 bits per heavy atom. The first-order chi connectivity index (χ1) is 6.38. The fourth-order valence-electron chi connectivity index (χ4n) is 2.09. The molecule has 0 aromatic carbocycles. The Hall–Kier alpha value is -0.570. The molecule has 0 radical (unpaired) electrons. The largest absolute Gasteiger partial charge is 0.368 e. The first-order valence-corrected chi connectivity index (χ1v) is 5.28. The van der Waals surface area contributed by atoms with Gasteiger partial charge < -0.3 is 9.64 Å². The van der Waals surface area contributed by atoms with Crippen LogP contribution in [0.15, 0.2) is 0 Å². The van der Waals surface area contributed by atoms with Crippen molar-refractivity contribution in [1.29, 1.82) is 0 Å².